The second-order valence-corrected chi connectivity index (χ2v) is 5.73. The number of hydrogen-bond donors (Lipinski definition) is 1. The molecule has 1 N–H and O–H groups in total. The summed E-state index contributed by atoms with van der Waals surface area (Å²) in [6.07, 6.45) is 1.65. The second kappa shape index (κ2) is 5.69. The third-order valence-electron chi connectivity index (χ3n) is 3.30. The minimum Gasteiger partial charge on any atom is -0.508 e. The fourth-order valence-electron chi connectivity index (χ4n) is 2.19. The standard InChI is InChI=1S/C16H14O4S/c1-10-14(17)5-4-13-11(7-15(18)20-16(10)13)8-21-9-12-3-2-6-19-12/h2-7,17H,8-9H2,1H3. The van der Waals surface area contributed by atoms with Crippen molar-refractivity contribution in [1.29, 1.82) is 0 Å². The third-order valence-corrected chi connectivity index (χ3v) is 4.30. The quantitative estimate of drug-likeness (QED) is 0.742. The summed E-state index contributed by atoms with van der Waals surface area (Å²) in [7, 11) is 0. The van der Waals surface area contributed by atoms with E-state index in [9.17, 15) is 9.90 Å². The molecule has 0 aliphatic carbocycles. The molecular formula is C16H14O4S. The summed E-state index contributed by atoms with van der Waals surface area (Å²) < 4.78 is 10.5. The van der Waals surface area contributed by atoms with Crippen LogP contribution in [0.25, 0.3) is 11.0 Å². The molecule has 5 heteroatoms. The molecule has 1 aromatic carbocycles. The average Bonchev–Trinajstić information content (AvgIpc) is 2.96. The molecule has 3 aromatic rings. The zero-order valence-corrected chi connectivity index (χ0v) is 12.3. The SMILES string of the molecule is Cc1c(O)ccc2c(CSCc3ccco3)cc(=O)oc12. The Morgan fingerprint density at radius 2 is 2.10 bits per heavy atom. The van der Waals surface area contributed by atoms with E-state index in [2.05, 4.69) is 0 Å². The number of furan rings is 1. The summed E-state index contributed by atoms with van der Waals surface area (Å²) in [4.78, 5) is 11.7. The minimum absolute atomic E-state index is 0.131. The average molecular weight is 302 g/mol. The first-order chi connectivity index (χ1) is 10.1. The summed E-state index contributed by atoms with van der Waals surface area (Å²) in [5, 5.41) is 10.6. The molecule has 0 fully saturated rings. The number of hydrogen-bond acceptors (Lipinski definition) is 5. The first-order valence-corrected chi connectivity index (χ1v) is 7.66. The maximum absolute atomic E-state index is 11.7. The number of phenolic OH excluding ortho intramolecular Hbond substituents is 1. The highest BCUT2D eigenvalue weighted by atomic mass is 32.2. The monoisotopic (exact) mass is 302 g/mol. The van der Waals surface area contributed by atoms with E-state index in [1.54, 1.807) is 37.1 Å². The van der Waals surface area contributed by atoms with Crippen LogP contribution in [-0.4, -0.2) is 5.11 Å². The summed E-state index contributed by atoms with van der Waals surface area (Å²) in [6, 6.07) is 8.69. The van der Waals surface area contributed by atoms with Crippen molar-refractivity contribution in [1.82, 2.24) is 0 Å². The molecule has 0 saturated heterocycles. The second-order valence-electron chi connectivity index (χ2n) is 4.75. The Morgan fingerprint density at radius 3 is 2.86 bits per heavy atom. The fourth-order valence-corrected chi connectivity index (χ4v) is 3.12. The third kappa shape index (κ3) is 2.83. The Hall–Kier alpha value is -2.14. The van der Waals surface area contributed by atoms with Crippen molar-refractivity contribution in [2.75, 3.05) is 0 Å². The van der Waals surface area contributed by atoms with Gasteiger partial charge in [-0.25, -0.2) is 4.79 Å². The van der Waals surface area contributed by atoms with Crippen LogP contribution in [-0.2, 0) is 11.5 Å². The van der Waals surface area contributed by atoms with Gasteiger partial charge < -0.3 is 13.9 Å². The van der Waals surface area contributed by atoms with Gasteiger partial charge in [-0.1, -0.05) is 0 Å². The molecule has 0 saturated carbocycles. The molecule has 108 valence electrons. The highest BCUT2D eigenvalue weighted by Gasteiger charge is 2.10. The van der Waals surface area contributed by atoms with E-state index >= 15 is 0 Å². The topological polar surface area (TPSA) is 63.6 Å². The van der Waals surface area contributed by atoms with E-state index in [4.69, 9.17) is 8.83 Å². The molecule has 0 aliphatic heterocycles. The Kier molecular flexibility index (Phi) is 3.75. The van der Waals surface area contributed by atoms with Crippen LogP contribution in [0.2, 0.25) is 0 Å². The van der Waals surface area contributed by atoms with Gasteiger partial charge in [-0.2, -0.15) is 0 Å². The zero-order valence-electron chi connectivity index (χ0n) is 11.5. The lowest BCUT2D eigenvalue weighted by Crippen LogP contribution is -2.01. The van der Waals surface area contributed by atoms with Crippen molar-refractivity contribution < 1.29 is 13.9 Å². The minimum atomic E-state index is -0.398. The van der Waals surface area contributed by atoms with Crippen LogP contribution in [0.15, 0.2) is 50.2 Å². The van der Waals surface area contributed by atoms with Crippen molar-refractivity contribution in [3.63, 3.8) is 0 Å². The van der Waals surface area contributed by atoms with Crippen LogP contribution < -0.4 is 5.63 Å². The van der Waals surface area contributed by atoms with Crippen molar-refractivity contribution in [3.05, 3.63) is 63.9 Å². The lowest BCUT2D eigenvalue weighted by atomic mass is 10.1. The van der Waals surface area contributed by atoms with Crippen LogP contribution in [0, 0.1) is 6.92 Å². The lowest BCUT2D eigenvalue weighted by Gasteiger charge is -2.07. The summed E-state index contributed by atoms with van der Waals surface area (Å²) in [5.41, 5.74) is 1.55. The van der Waals surface area contributed by atoms with Gasteiger partial charge >= 0.3 is 5.63 Å². The van der Waals surface area contributed by atoms with E-state index in [-0.39, 0.29) is 5.75 Å². The van der Waals surface area contributed by atoms with E-state index in [0.717, 1.165) is 22.5 Å². The first kappa shape index (κ1) is 13.8. The number of benzene rings is 1. The van der Waals surface area contributed by atoms with Crippen molar-refractivity contribution in [2.24, 2.45) is 0 Å². The Balaban J connectivity index is 1.91. The lowest BCUT2D eigenvalue weighted by molar-refractivity contribution is 0.468. The smallest absolute Gasteiger partial charge is 0.336 e. The van der Waals surface area contributed by atoms with Crippen LogP contribution in [0.4, 0.5) is 0 Å². The molecule has 4 nitrogen and oxygen atoms in total. The largest absolute Gasteiger partial charge is 0.508 e. The predicted octanol–water partition coefficient (Wildman–Crippen LogP) is 3.83. The maximum atomic E-state index is 11.7. The van der Waals surface area contributed by atoms with Gasteiger partial charge in [0.15, 0.2) is 0 Å². The molecule has 2 heterocycles. The van der Waals surface area contributed by atoms with Gasteiger partial charge in [-0.15, -0.1) is 11.8 Å². The van der Waals surface area contributed by atoms with Crippen molar-refractivity contribution >= 4 is 22.7 Å². The highest BCUT2D eigenvalue weighted by molar-refractivity contribution is 7.97. The summed E-state index contributed by atoms with van der Waals surface area (Å²) in [5.74, 6) is 2.45. The molecule has 0 unspecified atom stereocenters. The molecule has 0 amide bonds. The molecule has 0 aliphatic rings. The fraction of sp³-hybridized carbons (Fsp3) is 0.188. The molecule has 0 atom stereocenters. The van der Waals surface area contributed by atoms with Gasteiger partial charge in [0.05, 0.1) is 12.0 Å². The summed E-state index contributed by atoms with van der Waals surface area (Å²) >= 11 is 1.66. The van der Waals surface area contributed by atoms with E-state index in [1.165, 1.54) is 6.07 Å². The molecule has 0 spiro atoms. The number of phenols is 1. The normalized spacial score (nSPS) is 11.1. The molecule has 0 bridgehead atoms. The number of aromatic hydroxyl groups is 1. The number of rotatable bonds is 4. The molecule has 21 heavy (non-hydrogen) atoms. The van der Waals surface area contributed by atoms with Crippen molar-refractivity contribution in [2.45, 2.75) is 18.4 Å². The van der Waals surface area contributed by atoms with Crippen LogP contribution in [0.5, 0.6) is 5.75 Å². The van der Waals surface area contributed by atoms with Gasteiger partial charge in [-0.3, -0.25) is 0 Å². The van der Waals surface area contributed by atoms with Crippen molar-refractivity contribution in [3.8, 4) is 5.75 Å². The summed E-state index contributed by atoms with van der Waals surface area (Å²) in [6.45, 7) is 1.74. The number of fused-ring (bicyclic) bond motifs is 1. The molecular weight excluding hydrogens is 288 g/mol. The number of aryl methyl sites for hydroxylation is 1. The van der Waals surface area contributed by atoms with E-state index < -0.39 is 5.63 Å². The Morgan fingerprint density at radius 1 is 1.24 bits per heavy atom. The highest BCUT2D eigenvalue weighted by Crippen LogP contribution is 2.29. The van der Waals surface area contributed by atoms with E-state index in [0.29, 0.717) is 16.9 Å². The predicted molar refractivity (Wildman–Crippen MR) is 82.6 cm³/mol. The maximum Gasteiger partial charge on any atom is 0.336 e. The zero-order chi connectivity index (χ0) is 14.8. The Bertz CT molecular complexity index is 818. The van der Waals surface area contributed by atoms with Crippen LogP contribution in [0.3, 0.4) is 0 Å². The molecule has 3 rings (SSSR count). The van der Waals surface area contributed by atoms with Crippen LogP contribution in [0.1, 0.15) is 16.9 Å². The molecule has 0 radical (unpaired) electrons. The number of thioether (sulfide) groups is 1. The van der Waals surface area contributed by atoms with Gasteiger partial charge in [0, 0.05) is 22.8 Å². The van der Waals surface area contributed by atoms with Gasteiger partial charge in [0.25, 0.3) is 0 Å². The van der Waals surface area contributed by atoms with Gasteiger partial charge in [0.1, 0.15) is 17.1 Å². The van der Waals surface area contributed by atoms with Gasteiger partial charge in [0.2, 0.25) is 0 Å². The molecule has 2 aromatic heterocycles. The van der Waals surface area contributed by atoms with Gasteiger partial charge in [-0.05, 0) is 36.8 Å². The first-order valence-electron chi connectivity index (χ1n) is 6.50. The van der Waals surface area contributed by atoms with E-state index in [1.807, 2.05) is 12.1 Å². The van der Waals surface area contributed by atoms with Crippen LogP contribution >= 0.6 is 11.8 Å². The Labute approximate surface area is 125 Å².